The van der Waals surface area contributed by atoms with E-state index in [0.717, 1.165) is 18.4 Å². The molecule has 2 amide bonds. The minimum atomic E-state index is 0.0680. The summed E-state index contributed by atoms with van der Waals surface area (Å²) in [5.74, 6) is 1.51. The van der Waals surface area contributed by atoms with E-state index in [0.29, 0.717) is 50.5 Å². The van der Waals surface area contributed by atoms with Crippen LogP contribution in [0.15, 0.2) is 48.5 Å². The molecule has 1 aliphatic rings. The van der Waals surface area contributed by atoms with Gasteiger partial charge in [-0.15, -0.1) is 0 Å². The highest BCUT2D eigenvalue weighted by Gasteiger charge is 2.24. The first-order valence-corrected chi connectivity index (χ1v) is 10.4. The number of amides is 2. The van der Waals surface area contributed by atoms with Crippen LogP contribution < -0.4 is 9.47 Å². The molecular weight excluding hydrogens is 380 g/mol. The van der Waals surface area contributed by atoms with Crippen LogP contribution in [0.1, 0.15) is 24.0 Å². The van der Waals surface area contributed by atoms with E-state index in [1.807, 2.05) is 46.2 Å². The molecule has 6 heteroatoms. The average Bonchev–Trinajstić information content (AvgIpc) is 2.79. The Labute approximate surface area is 178 Å². The summed E-state index contributed by atoms with van der Waals surface area (Å²) in [6.45, 7) is 2.36. The van der Waals surface area contributed by atoms with Gasteiger partial charge in [0.1, 0.15) is 0 Å². The second-order valence-corrected chi connectivity index (χ2v) is 7.47. The molecule has 1 aliphatic heterocycles. The molecule has 160 valence electrons. The quantitative estimate of drug-likeness (QED) is 0.671. The summed E-state index contributed by atoms with van der Waals surface area (Å²) < 4.78 is 10.6. The van der Waals surface area contributed by atoms with Gasteiger partial charge in [-0.2, -0.15) is 0 Å². The molecule has 1 saturated heterocycles. The number of hydrogen-bond donors (Lipinski definition) is 0. The Bertz CT molecular complexity index is 846. The summed E-state index contributed by atoms with van der Waals surface area (Å²) in [7, 11) is 3.17. The van der Waals surface area contributed by atoms with Crippen molar-refractivity contribution < 1.29 is 19.1 Å². The predicted molar refractivity (Wildman–Crippen MR) is 116 cm³/mol. The van der Waals surface area contributed by atoms with Gasteiger partial charge in [0.25, 0.3) is 0 Å². The molecular formula is C24H30N2O4. The molecule has 0 aliphatic carbocycles. The van der Waals surface area contributed by atoms with E-state index in [1.165, 1.54) is 5.56 Å². The zero-order valence-electron chi connectivity index (χ0n) is 17.8. The Morgan fingerprint density at radius 1 is 0.800 bits per heavy atom. The molecule has 0 saturated carbocycles. The minimum absolute atomic E-state index is 0.0680. The summed E-state index contributed by atoms with van der Waals surface area (Å²) in [5, 5.41) is 0. The number of rotatable bonds is 8. The van der Waals surface area contributed by atoms with Crippen molar-refractivity contribution in [3.63, 3.8) is 0 Å². The molecule has 0 bridgehead atoms. The SMILES string of the molecule is COc1ccc(CC(=O)N2CCN(C(=O)CCCc3ccccc3)CC2)cc1OC. The molecule has 6 nitrogen and oxygen atoms in total. The molecule has 30 heavy (non-hydrogen) atoms. The molecule has 1 fully saturated rings. The Balaban J connectivity index is 1.43. The van der Waals surface area contributed by atoms with Crippen molar-refractivity contribution in [3.8, 4) is 11.5 Å². The first-order valence-electron chi connectivity index (χ1n) is 10.4. The highest BCUT2D eigenvalue weighted by Crippen LogP contribution is 2.27. The van der Waals surface area contributed by atoms with E-state index < -0.39 is 0 Å². The van der Waals surface area contributed by atoms with Gasteiger partial charge in [-0.25, -0.2) is 0 Å². The molecule has 0 radical (unpaired) electrons. The molecule has 3 rings (SSSR count). The van der Waals surface area contributed by atoms with E-state index >= 15 is 0 Å². The van der Waals surface area contributed by atoms with Crippen LogP contribution in [-0.4, -0.2) is 62.0 Å². The number of carbonyl (C=O) groups is 2. The van der Waals surface area contributed by atoms with Gasteiger partial charge < -0.3 is 19.3 Å². The maximum absolute atomic E-state index is 12.7. The molecule has 1 heterocycles. The number of nitrogens with zero attached hydrogens (tertiary/aromatic N) is 2. The fourth-order valence-corrected chi connectivity index (χ4v) is 3.73. The van der Waals surface area contributed by atoms with Crippen molar-refractivity contribution in [1.29, 1.82) is 0 Å². The Morgan fingerprint density at radius 2 is 1.43 bits per heavy atom. The van der Waals surface area contributed by atoms with E-state index in [1.54, 1.807) is 14.2 Å². The minimum Gasteiger partial charge on any atom is -0.493 e. The van der Waals surface area contributed by atoms with Gasteiger partial charge in [0.2, 0.25) is 11.8 Å². The third-order valence-corrected chi connectivity index (χ3v) is 5.49. The molecule has 0 atom stereocenters. The Morgan fingerprint density at radius 3 is 2.07 bits per heavy atom. The summed E-state index contributed by atoms with van der Waals surface area (Å²) in [4.78, 5) is 28.9. The van der Waals surface area contributed by atoms with Crippen molar-refractivity contribution in [3.05, 3.63) is 59.7 Å². The van der Waals surface area contributed by atoms with Gasteiger partial charge in [-0.05, 0) is 36.1 Å². The molecule has 0 spiro atoms. The smallest absolute Gasteiger partial charge is 0.227 e. The van der Waals surface area contributed by atoms with Crippen LogP contribution in [-0.2, 0) is 22.4 Å². The van der Waals surface area contributed by atoms with E-state index in [2.05, 4.69) is 12.1 Å². The van der Waals surface area contributed by atoms with Crippen molar-refractivity contribution >= 4 is 11.8 Å². The normalized spacial score (nSPS) is 13.8. The third kappa shape index (κ3) is 5.75. The van der Waals surface area contributed by atoms with Crippen molar-refractivity contribution in [2.75, 3.05) is 40.4 Å². The van der Waals surface area contributed by atoms with E-state index in [4.69, 9.17) is 9.47 Å². The highest BCUT2D eigenvalue weighted by molar-refractivity contribution is 5.80. The van der Waals surface area contributed by atoms with Crippen LogP contribution in [0.5, 0.6) is 11.5 Å². The average molecular weight is 411 g/mol. The number of carbonyl (C=O) groups excluding carboxylic acids is 2. The number of ether oxygens (including phenoxy) is 2. The van der Waals surface area contributed by atoms with Crippen LogP contribution >= 0.6 is 0 Å². The molecule has 2 aromatic carbocycles. The summed E-state index contributed by atoms with van der Waals surface area (Å²) >= 11 is 0. The number of benzene rings is 2. The van der Waals surface area contributed by atoms with Crippen LogP contribution in [0.3, 0.4) is 0 Å². The van der Waals surface area contributed by atoms with Crippen molar-refractivity contribution in [1.82, 2.24) is 9.80 Å². The lowest BCUT2D eigenvalue weighted by atomic mass is 10.1. The first-order chi connectivity index (χ1) is 14.6. The highest BCUT2D eigenvalue weighted by atomic mass is 16.5. The van der Waals surface area contributed by atoms with E-state index in [-0.39, 0.29) is 11.8 Å². The Hall–Kier alpha value is -3.02. The van der Waals surface area contributed by atoms with Gasteiger partial charge in [-0.3, -0.25) is 9.59 Å². The van der Waals surface area contributed by atoms with Crippen LogP contribution in [0.2, 0.25) is 0 Å². The summed E-state index contributed by atoms with van der Waals surface area (Å²) in [6.07, 6.45) is 2.62. The van der Waals surface area contributed by atoms with Gasteiger partial charge in [0, 0.05) is 32.6 Å². The van der Waals surface area contributed by atoms with Gasteiger partial charge >= 0.3 is 0 Å². The van der Waals surface area contributed by atoms with Crippen molar-refractivity contribution in [2.45, 2.75) is 25.7 Å². The number of aryl methyl sites for hydroxylation is 1. The summed E-state index contributed by atoms with van der Waals surface area (Å²) in [6, 6.07) is 15.8. The first kappa shape index (κ1) is 21.7. The number of hydrogen-bond acceptors (Lipinski definition) is 4. The lowest BCUT2D eigenvalue weighted by molar-refractivity contribution is -0.139. The largest absolute Gasteiger partial charge is 0.493 e. The Kier molecular flexibility index (Phi) is 7.71. The number of methoxy groups -OCH3 is 2. The maximum atomic E-state index is 12.7. The maximum Gasteiger partial charge on any atom is 0.227 e. The van der Waals surface area contributed by atoms with Gasteiger partial charge in [0.15, 0.2) is 11.5 Å². The fourth-order valence-electron chi connectivity index (χ4n) is 3.73. The van der Waals surface area contributed by atoms with Gasteiger partial charge in [0.05, 0.1) is 20.6 Å². The topological polar surface area (TPSA) is 59.1 Å². The van der Waals surface area contributed by atoms with Gasteiger partial charge in [-0.1, -0.05) is 36.4 Å². The third-order valence-electron chi connectivity index (χ3n) is 5.49. The molecule has 2 aromatic rings. The summed E-state index contributed by atoms with van der Waals surface area (Å²) in [5.41, 5.74) is 2.15. The lowest BCUT2D eigenvalue weighted by Crippen LogP contribution is -2.51. The lowest BCUT2D eigenvalue weighted by Gasteiger charge is -2.35. The predicted octanol–water partition coefficient (Wildman–Crippen LogP) is 2.94. The van der Waals surface area contributed by atoms with Crippen molar-refractivity contribution in [2.24, 2.45) is 0 Å². The second kappa shape index (κ2) is 10.7. The number of piperazine rings is 1. The zero-order valence-corrected chi connectivity index (χ0v) is 17.8. The second-order valence-electron chi connectivity index (χ2n) is 7.47. The van der Waals surface area contributed by atoms with Crippen LogP contribution in [0, 0.1) is 0 Å². The molecule has 0 unspecified atom stereocenters. The zero-order chi connectivity index (χ0) is 21.3. The molecule has 0 aromatic heterocycles. The van der Waals surface area contributed by atoms with Crippen LogP contribution in [0.4, 0.5) is 0 Å². The van der Waals surface area contributed by atoms with E-state index in [9.17, 15) is 9.59 Å². The monoisotopic (exact) mass is 410 g/mol. The standard InChI is InChI=1S/C24H30N2O4/c1-29-21-12-11-20(17-22(21)30-2)18-24(28)26-15-13-25(14-16-26)23(27)10-6-9-19-7-4-3-5-8-19/h3-5,7-8,11-12,17H,6,9-10,13-16,18H2,1-2H3. The fraction of sp³-hybridized carbons (Fsp3) is 0.417. The molecule has 0 N–H and O–H groups in total. The van der Waals surface area contributed by atoms with Crippen LogP contribution in [0.25, 0.3) is 0 Å².